The summed E-state index contributed by atoms with van der Waals surface area (Å²) in [7, 11) is 0. The van der Waals surface area contributed by atoms with Crippen molar-refractivity contribution in [1.82, 2.24) is 5.32 Å². The largest absolute Gasteiger partial charge is 0.441 e. The van der Waals surface area contributed by atoms with E-state index < -0.39 is 11.4 Å². The van der Waals surface area contributed by atoms with Gasteiger partial charge in [-0.2, -0.15) is 13.2 Å². The van der Waals surface area contributed by atoms with Gasteiger partial charge in [0.05, 0.1) is 5.69 Å². The number of thiophene rings is 1. The second kappa shape index (κ2) is 6.45. The van der Waals surface area contributed by atoms with Gasteiger partial charge in [-0.1, -0.05) is 15.9 Å². The van der Waals surface area contributed by atoms with Crippen molar-refractivity contribution in [2.45, 2.75) is 5.51 Å². The van der Waals surface area contributed by atoms with Crippen LogP contribution in [-0.2, 0) is 0 Å². The van der Waals surface area contributed by atoms with E-state index in [1.165, 1.54) is 11.3 Å². The highest BCUT2D eigenvalue weighted by Gasteiger charge is 2.27. The van der Waals surface area contributed by atoms with Crippen molar-refractivity contribution in [2.75, 3.05) is 18.0 Å². The smallest absolute Gasteiger partial charge is 0.397 e. The first-order valence-corrected chi connectivity index (χ1v) is 8.34. The van der Waals surface area contributed by atoms with Gasteiger partial charge in [-0.25, -0.2) is 0 Å². The molecule has 0 atom stereocenters. The molecule has 3 N–H and O–H groups in total. The van der Waals surface area contributed by atoms with Gasteiger partial charge in [-0.3, -0.25) is 4.79 Å². The first kappa shape index (κ1) is 16.4. The molecule has 2 aromatic rings. The zero-order valence-electron chi connectivity index (χ0n) is 10.5. The predicted octanol–water partition coefficient (Wildman–Crippen LogP) is 4.23. The van der Waals surface area contributed by atoms with Crippen molar-refractivity contribution < 1.29 is 18.0 Å². The van der Waals surface area contributed by atoms with Crippen molar-refractivity contribution >= 4 is 60.7 Å². The number of benzene rings is 1. The van der Waals surface area contributed by atoms with Crippen LogP contribution in [0.15, 0.2) is 22.7 Å². The van der Waals surface area contributed by atoms with Crippen molar-refractivity contribution in [2.24, 2.45) is 0 Å². The van der Waals surface area contributed by atoms with E-state index in [1.54, 1.807) is 6.07 Å². The summed E-state index contributed by atoms with van der Waals surface area (Å²) in [6.45, 7) is -0.0691. The third kappa shape index (κ3) is 4.27. The van der Waals surface area contributed by atoms with Crippen LogP contribution in [0.1, 0.15) is 9.67 Å². The normalized spacial score (nSPS) is 11.8. The Morgan fingerprint density at radius 1 is 1.43 bits per heavy atom. The number of carbonyl (C=O) groups excluding carboxylic acids is 1. The van der Waals surface area contributed by atoms with Crippen LogP contribution in [-0.4, -0.2) is 23.7 Å². The van der Waals surface area contributed by atoms with Crippen LogP contribution in [0.2, 0.25) is 0 Å². The highest BCUT2D eigenvalue weighted by molar-refractivity contribution is 9.10. The van der Waals surface area contributed by atoms with Gasteiger partial charge in [0, 0.05) is 26.9 Å². The molecule has 2 rings (SSSR count). The Kier molecular flexibility index (Phi) is 5.05. The number of fused-ring (bicyclic) bond motifs is 1. The molecule has 0 bridgehead atoms. The van der Waals surface area contributed by atoms with E-state index in [0.29, 0.717) is 10.6 Å². The maximum absolute atomic E-state index is 12.0. The maximum atomic E-state index is 12.0. The molecule has 1 heterocycles. The number of carbonyl (C=O) groups is 1. The van der Waals surface area contributed by atoms with E-state index in [0.717, 1.165) is 14.6 Å². The number of hydrogen-bond acceptors (Lipinski definition) is 4. The Balaban J connectivity index is 2.04. The topological polar surface area (TPSA) is 55.1 Å². The van der Waals surface area contributed by atoms with E-state index in [1.807, 2.05) is 12.1 Å². The van der Waals surface area contributed by atoms with Gasteiger partial charge in [0.1, 0.15) is 4.88 Å². The number of anilines is 1. The molecule has 0 radical (unpaired) electrons. The van der Waals surface area contributed by atoms with Crippen LogP contribution in [0.5, 0.6) is 0 Å². The van der Waals surface area contributed by atoms with Gasteiger partial charge in [-0.15, -0.1) is 11.3 Å². The molecule has 0 spiro atoms. The van der Waals surface area contributed by atoms with Crippen LogP contribution >= 0.6 is 39.0 Å². The summed E-state index contributed by atoms with van der Waals surface area (Å²) in [6.07, 6.45) is 0. The number of thioether (sulfide) groups is 1. The van der Waals surface area contributed by atoms with Gasteiger partial charge < -0.3 is 11.1 Å². The zero-order chi connectivity index (χ0) is 15.6. The molecule has 0 fully saturated rings. The molecule has 1 aromatic carbocycles. The van der Waals surface area contributed by atoms with Crippen LogP contribution in [0.3, 0.4) is 0 Å². The average molecular weight is 399 g/mol. The lowest BCUT2D eigenvalue weighted by Crippen LogP contribution is -2.26. The summed E-state index contributed by atoms with van der Waals surface area (Å²) in [5.41, 5.74) is 1.99. The lowest BCUT2D eigenvalue weighted by atomic mass is 10.2. The van der Waals surface area contributed by atoms with E-state index in [2.05, 4.69) is 21.2 Å². The Morgan fingerprint density at radius 3 is 2.81 bits per heavy atom. The molecule has 0 aliphatic carbocycles. The summed E-state index contributed by atoms with van der Waals surface area (Å²) in [5.74, 6) is -0.682. The van der Waals surface area contributed by atoms with E-state index in [4.69, 9.17) is 5.73 Å². The molecule has 1 aromatic heterocycles. The summed E-state index contributed by atoms with van der Waals surface area (Å²) in [5, 5.41) is 3.20. The summed E-state index contributed by atoms with van der Waals surface area (Å²) >= 11 is 4.37. The van der Waals surface area contributed by atoms with Crippen LogP contribution in [0, 0.1) is 0 Å². The minimum absolute atomic E-state index is 0.0691. The monoisotopic (exact) mass is 398 g/mol. The summed E-state index contributed by atoms with van der Waals surface area (Å²) in [4.78, 5) is 12.3. The lowest BCUT2D eigenvalue weighted by molar-refractivity contribution is -0.0327. The van der Waals surface area contributed by atoms with E-state index in [9.17, 15) is 18.0 Å². The van der Waals surface area contributed by atoms with Gasteiger partial charge in [0.25, 0.3) is 5.91 Å². The number of nitrogens with two attached hydrogens (primary N) is 1. The van der Waals surface area contributed by atoms with E-state index >= 15 is 0 Å². The van der Waals surface area contributed by atoms with Crippen molar-refractivity contribution in [3.8, 4) is 0 Å². The highest BCUT2D eigenvalue weighted by Crippen LogP contribution is 2.35. The zero-order valence-corrected chi connectivity index (χ0v) is 13.7. The number of rotatable bonds is 4. The predicted molar refractivity (Wildman–Crippen MR) is 84.8 cm³/mol. The first-order valence-electron chi connectivity index (χ1n) is 5.74. The van der Waals surface area contributed by atoms with Gasteiger partial charge in [0.2, 0.25) is 0 Å². The average Bonchev–Trinajstić information content (AvgIpc) is 2.71. The van der Waals surface area contributed by atoms with Gasteiger partial charge >= 0.3 is 5.51 Å². The number of nitrogens with one attached hydrogen (secondary N) is 1. The molecule has 0 saturated carbocycles. The van der Waals surface area contributed by atoms with Crippen molar-refractivity contribution in [1.29, 1.82) is 0 Å². The number of halogens is 4. The Hall–Kier alpha value is -0.930. The fourth-order valence-corrected chi connectivity index (χ4v) is 3.49. The first-order chi connectivity index (χ1) is 9.78. The van der Waals surface area contributed by atoms with Crippen LogP contribution in [0.4, 0.5) is 18.9 Å². The summed E-state index contributed by atoms with van der Waals surface area (Å²) < 4.78 is 37.6. The SMILES string of the molecule is Nc1c(C(=O)NCCSC(F)(F)F)sc2ccc(Br)cc12. The number of hydrogen-bond donors (Lipinski definition) is 2. The number of amides is 1. The van der Waals surface area contributed by atoms with Crippen LogP contribution < -0.4 is 11.1 Å². The van der Waals surface area contributed by atoms with Gasteiger partial charge in [0.15, 0.2) is 0 Å². The minimum Gasteiger partial charge on any atom is -0.397 e. The standard InChI is InChI=1S/C12H10BrF3N2OS2/c13-6-1-2-8-7(5-6)9(17)10(21-8)11(19)18-3-4-20-12(14,15)16/h1-2,5H,3-4,17H2,(H,18,19). The molecule has 3 nitrogen and oxygen atoms in total. The van der Waals surface area contributed by atoms with Crippen LogP contribution in [0.25, 0.3) is 10.1 Å². The van der Waals surface area contributed by atoms with Gasteiger partial charge in [-0.05, 0) is 30.0 Å². The highest BCUT2D eigenvalue weighted by atomic mass is 79.9. The molecule has 0 aliphatic rings. The fourth-order valence-electron chi connectivity index (χ4n) is 1.67. The van der Waals surface area contributed by atoms with Crippen molar-refractivity contribution in [3.05, 3.63) is 27.5 Å². The molecular weight excluding hydrogens is 389 g/mol. The Labute approximate surface area is 135 Å². The van der Waals surface area contributed by atoms with E-state index in [-0.39, 0.29) is 24.1 Å². The molecule has 1 amide bonds. The number of alkyl halides is 3. The molecule has 9 heteroatoms. The maximum Gasteiger partial charge on any atom is 0.441 e. The second-order valence-corrected chi connectivity index (χ2v) is 7.16. The Morgan fingerprint density at radius 2 is 2.14 bits per heavy atom. The fraction of sp³-hybridized carbons (Fsp3) is 0.250. The molecule has 0 aliphatic heterocycles. The molecule has 0 unspecified atom stereocenters. The van der Waals surface area contributed by atoms with Crippen molar-refractivity contribution in [3.63, 3.8) is 0 Å². The third-order valence-corrected chi connectivity index (χ3v) is 4.96. The third-order valence-electron chi connectivity index (χ3n) is 2.55. The molecular formula is C12H10BrF3N2OS2. The lowest BCUT2D eigenvalue weighted by Gasteiger charge is -2.06. The quantitative estimate of drug-likeness (QED) is 0.757. The Bertz CT molecular complexity index is 672. The second-order valence-electron chi connectivity index (χ2n) is 4.04. The molecule has 0 saturated heterocycles. The minimum atomic E-state index is -4.28. The molecule has 21 heavy (non-hydrogen) atoms. The number of nitrogen functional groups attached to an aromatic ring is 1. The molecule has 114 valence electrons. The summed E-state index contributed by atoms with van der Waals surface area (Å²) in [6, 6.07) is 5.47.